The third-order valence-corrected chi connectivity index (χ3v) is 3.40. The number of nitrogens with one attached hydrogen (secondary N) is 1. The predicted molar refractivity (Wildman–Crippen MR) is 82.5 cm³/mol. The van der Waals surface area contributed by atoms with E-state index in [9.17, 15) is 0 Å². The molecule has 0 unspecified atom stereocenters. The van der Waals surface area contributed by atoms with Crippen molar-refractivity contribution in [2.24, 2.45) is 0 Å². The molecule has 0 amide bonds. The summed E-state index contributed by atoms with van der Waals surface area (Å²) in [6.07, 6.45) is 7.01. The maximum absolute atomic E-state index is 4.40. The lowest BCUT2D eigenvalue weighted by Gasteiger charge is -2.08. The summed E-state index contributed by atoms with van der Waals surface area (Å²) in [6, 6.07) is 5.79. The molecular formula is C13H8Br2N4. The molecule has 3 aromatic heterocycles. The molecular weight excluding hydrogens is 372 g/mol. The molecule has 0 saturated heterocycles. The fourth-order valence-corrected chi connectivity index (χ4v) is 2.43. The Morgan fingerprint density at radius 1 is 0.947 bits per heavy atom. The zero-order chi connectivity index (χ0) is 13.2. The van der Waals surface area contributed by atoms with E-state index in [4.69, 9.17) is 0 Å². The molecule has 0 aliphatic heterocycles. The van der Waals surface area contributed by atoms with Crippen molar-refractivity contribution in [3.63, 3.8) is 0 Å². The minimum atomic E-state index is 0.825. The van der Waals surface area contributed by atoms with Crippen LogP contribution in [0.2, 0.25) is 0 Å². The molecule has 4 nitrogen and oxygen atoms in total. The molecule has 19 heavy (non-hydrogen) atoms. The summed E-state index contributed by atoms with van der Waals surface area (Å²) in [5.41, 5.74) is 3.46. The Bertz CT molecular complexity index is 746. The van der Waals surface area contributed by atoms with Crippen LogP contribution >= 0.6 is 31.9 Å². The largest absolute Gasteiger partial charge is 0.352 e. The van der Waals surface area contributed by atoms with Crippen molar-refractivity contribution in [1.29, 1.82) is 0 Å². The first-order chi connectivity index (χ1) is 9.22. The SMILES string of the molecule is Brc1cncc(Nc2ccnc3cc(Br)cnc23)c1. The Balaban J connectivity index is 2.06. The fraction of sp³-hybridized carbons (Fsp3) is 0. The van der Waals surface area contributed by atoms with Crippen molar-refractivity contribution in [1.82, 2.24) is 15.0 Å². The van der Waals surface area contributed by atoms with Crippen molar-refractivity contribution >= 4 is 54.3 Å². The van der Waals surface area contributed by atoms with E-state index in [1.165, 1.54) is 0 Å². The van der Waals surface area contributed by atoms with E-state index in [2.05, 4.69) is 52.1 Å². The molecule has 6 heteroatoms. The van der Waals surface area contributed by atoms with Gasteiger partial charge >= 0.3 is 0 Å². The molecule has 0 spiro atoms. The normalized spacial score (nSPS) is 10.6. The van der Waals surface area contributed by atoms with E-state index >= 15 is 0 Å². The van der Waals surface area contributed by atoms with Gasteiger partial charge in [0.25, 0.3) is 0 Å². The quantitative estimate of drug-likeness (QED) is 0.721. The van der Waals surface area contributed by atoms with Crippen LogP contribution in [0, 0.1) is 0 Å². The first-order valence-corrected chi connectivity index (χ1v) is 7.09. The first-order valence-electron chi connectivity index (χ1n) is 5.50. The van der Waals surface area contributed by atoms with Crippen molar-refractivity contribution in [2.75, 3.05) is 5.32 Å². The topological polar surface area (TPSA) is 50.7 Å². The Kier molecular flexibility index (Phi) is 3.44. The number of hydrogen-bond acceptors (Lipinski definition) is 4. The van der Waals surface area contributed by atoms with Gasteiger partial charge in [0.1, 0.15) is 5.52 Å². The minimum absolute atomic E-state index is 0.825. The van der Waals surface area contributed by atoms with E-state index in [-0.39, 0.29) is 0 Å². The number of nitrogens with zero attached hydrogens (tertiary/aromatic N) is 3. The summed E-state index contributed by atoms with van der Waals surface area (Å²) < 4.78 is 1.83. The average molecular weight is 380 g/mol. The highest BCUT2D eigenvalue weighted by molar-refractivity contribution is 9.10. The molecule has 0 atom stereocenters. The number of fused-ring (bicyclic) bond motifs is 1. The molecule has 0 aliphatic rings. The van der Waals surface area contributed by atoms with E-state index < -0.39 is 0 Å². The van der Waals surface area contributed by atoms with Crippen molar-refractivity contribution in [3.05, 3.63) is 51.9 Å². The Hall–Kier alpha value is -1.53. The van der Waals surface area contributed by atoms with Crippen LogP contribution in [0.25, 0.3) is 11.0 Å². The zero-order valence-electron chi connectivity index (χ0n) is 9.64. The summed E-state index contributed by atoms with van der Waals surface area (Å²) in [7, 11) is 0. The van der Waals surface area contributed by atoms with Crippen LogP contribution in [0.5, 0.6) is 0 Å². The Morgan fingerprint density at radius 3 is 2.63 bits per heavy atom. The smallest absolute Gasteiger partial charge is 0.112 e. The fourth-order valence-electron chi connectivity index (χ4n) is 1.74. The van der Waals surface area contributed by atoms with Gasteiger partial charge in [-0.05, 0) is 50.1 Å². The highest BCUT2D eigenvalue weighted by Gasteiger charge is 2.05. The maximum atomic E-state index is 4.40. The van der Waals surface area contributed by atoms with Crippen LogP contribution in [0.15, 0.2) is 51.9 Å². The second kappa shape index (κ2) is 5.22. The third-order valence-electron chi connectivity index (χ3n) is 2.53. The molecule has 3 heterocycles. The first kappa shape index (κ1) is 12.5. The molecule has 94 valence electrons. The standard InChI is InChI=1S/C13H8Br2N4/c14-8-3-10(7-16-5-8)19-11-1-2-17-12-4-9(15)6-18-13(11)12/h1-7H,(H,17,19). The molecule has 0 aliphatic carbocycles. The monoisotopic (exact) mass is 378 g/mol. The van der Waals surface area contributed by atoms with Gasteiger partial charge in [0.15, 0.2) is 0 Å². The van der Waals surface area contributed by atoms with Gasteiger partial charge in [-0.25, -0.2) is 0 Å². The average Bonchev–Trinajstić information content (AvgIpc) is 2.38. The lowest BCUT2D eigenvalue weighted by molar-refractivity contribution is 1.29. The highest BCUT2D eigenvalue weighted by atomic mass is 79.9. The second-order valence-electron chi connectivity index (χ2n) is 3.90. The summed E-state index contributed by atoms with van der Waals surface area (Å²) in [4.78, 5) is 12.8. The van der Waals surface area contributed by atoms with E-state index in [1.807, 2.05) is 18.2 Å². The summed E-state index contributed by atoms with van der Waals surface area (Å²) in [6.45, 7) is 0. The summed E-state index contributed by atoms with van der Waals surface area (Å²) in [5.74, 6) is 0. The van der Waals surface area contributed by atoms with Gasteiger partial charge in [-0.1, -0.05) is 0 Å². The maximum Gasteiger partial charge on any atom is 0.112 e. The molecule has 3 aromatic rings. The zero-order valence-corrected chi connectivity index (χ0v) is 12.8. The Labute approximate surface area is 126 Å². The van der Waals surface area contributed by atoms with Crippen LogP contribution in [0.3, 0.4) is 0 Å². The number of rotatable bonds is 2. The number of aromatic nitrogens is 3. The molecule has 0 radical (unpaired) electrons. The van der Waals surface area contributed by atoms with E-state index in [0.29, 0.717) is 0 Å². The van der Waals surface area contributed by atoms with Gasteiger partial charge in [0, 0.05) is 27.5 Å². The lowest BCUT2D eigenvalue weighted by atomic mass is 10.2. The number of pyridine rings is 3. The highest BCUT2D eigenvalue weighted by Crippen LogP contribution is 2.25. The van der Waals surface area contributed by atoms with Crippen molar-refractivity contribution < 1.29 is 0 Å². The van der Waals surface area contributed by atoms with Gasteiger partial charge in [-0.15, -0.1) is 0 Å². The Morgan fingerprint density at radius 2 is 1.79 bits per heavy atom. The van der Waals surface area contributed by atoms with Crippen LogP contribution < -0.4 is 5.32 Å². The lowest BCUT2D eigenvalue weighted by Crippen LogP contribution is -1.94. The van der Waals surface area contributed by atoms with Crippen LogP contribution in [-0.4, -0.2) is 15.0 Å². The van der Waals surface area contributed by atoms with Gasteiger partial charge in [-0.2, -0.15) is 0 Å². The van der Waals surface area contributed by atoms with Crippen molar-refractivity contribution in [2.45, 2.75) is 0 Å². The van der Waals surface area contributed by atoms with E-state index in [0.717, 1.165) is 31.4 Å². The molecule has 0 aromatic carbocycles. The summed E-state index contributed by atoms with van der Waals surface area (Å²) in [5, 5.41) is 3.30. The van der Waals surface area contributed by atoms with Crippen LogP contribution in [-0.2, 0) is 0 Å². The van der Waals surface area contributed by atoms with E-state index in [1.54, 1.807) is 24.8 Å². The predicted octanol–water partition coefficient (Wildman–Crippen LogP) is 4.29. The molecule has 1 N–H and O–H groups in total. The molecule has 3 rings (SSSR count). The third kappa shape index (κ3) is 2.74. The number of halogens is 2. The molecule has 0 fully saturated rings. The minimum Gasteiger partial charge on any atom is -0.352 e. The second-order valence-corrected chi connectivity index (χ2v) is 5.73. The van der Waals surface area contributed by atoms with Crippen LogP contribution in [0.4, 0.5) is 11.4 Å². The molecule has 0 bridgehead atoms. The van der Waals surface area contributed by atoms with Gasteiger partial charge in [-0.3, -0.25) is 15.0 Å². The number of anilines is 2. The number of hydrogen-bond donors (Lipinski definition) is 1. The van der Waals surface area contributed by atoms with Crippen LogP contribution in [0.1, 0.15) is 0 Å². The van der Waals surface area contributed by atoms with Gasteiger partial charge in [0.05, 0.1) is 23.1 Å². The van der Waals surface area contributed by atoms with Gasteiger partial charge in [0.2, 0.25) is 0 Å². The van der Waals surface area contributed by atoms with Gasteiger partial charge < -0.3 is 5.32 Å². The van der Waals surface area contributed by atoms with Crippen molar-refractivity contribution in [3.8, 4) is 0 Å². The summed E-state index contributed by atoms with van der Waals surface area (Å²) >= 11 is 6.79. The molecule has 0 saturated carbocycles.